The van der Waals surface area contributed by atoms with E-state index in [2.05, 4.69) is 10.4 Å². The number of carbonyl (C=O) groups is 2. The number of benzene rings is 1. The first kappa shape index (κ1) is 18.7. The number of nitrogens with one attached hydrogen (secondary N) is 1. The van der Waals surface area contributed by atoms with E-state index in [0.29, 0.717) is 6.54 Å². The quantitative estimate of drug-likeness (QED) is 0.784. The van der Waals surface area contributed by atoms with Crippen LogP contribution < -0.4 is 5.32 Å². The zero-order valence-electron chi connectivity index (χ0n) is 15.2. The lowest BCUT2D eigenvalue weighted by molar-refractivity contribution is -0.154. The highest BCUT2D eigenvalue weighted by Crippen LogP contribution is 2.18. The highest BCUT2D eigenvalue weighted by atomic mass is 16.5. The number of nitrogens with zero attached hydrogens (tertiary/aromatic N) is 2. The largest absolute Gasteiger partial charge is 0.452 e. The summed E-state index contributed by atoms with van der Waals surface area (Å²) in [6.07, 6.45) is 0.128. The van der Waals surface area contributed by atoms with Gasteiger partial charge in [0.15, 0.2) is 6.10 Å². The van der Waals surface area contributed by atoms with E-state index < -0.39 is 12.1 Å². The predicted molar refractivity (Wildman–Crippen MR) is 95.6 cm³/mol. The Bertz CT molecular complexity index is 738. The smallest absolute Gasteiger partial charge is 0.311 e. The Hall–Kier alpha value is -2.63. The zero-order chi connectivity index (χ0) is 18.4. The Kier molecular flexibility index (Phi) is 6.33. The molecule has 1 N–H and O–H groups in total. The number of rotatable bonds is 7. The standard InChI is InChI=1S/C19H25N3O3/c1-5-11-20-19(24)15(4)25-18(23)12-17-13(2)21-22(14(17)3)16-9-7-6-8-10-16/h6-10,15H,5,11-12H2,1-4H3,(H,20,24)/t15-/m1/s1. The highest BCUT2D eigenvalue weighted by Gasteiger charge is 2.21. The van der Waals surface area contributed by atoms with Gasteiger partial charge in [0.05, 0.1) is 17.8 Å². The number of carbonyl (C=O) groups excluding carboxylic acids is 2. The number of hydrogen-bond acceptors (Lipinski definition) is 4. The number of amides is 1. The number of hydrogen-bond donors (Lipinski definition) is 1. The van der Waals surface area contributed by atoms with E-state index in [1.807, 2.05) is 55.8 Å². The van der Waals surface area contributed by atoms with Gasteiger partial charge in [-0.3, -0.25) is 9.59 Å². The minimum absolute atomic E-state index is 0.0932. The molecule has 25 heavy (non-hydrogen) atoms. The molecule has 0 unspecified atom stereocenters. The highest BCUT2D eigenvalue weighted by molar-refractivity contribution is 5.84. The molecular weight excluding hydrogens is 318 g/mol. The molecule has 6 nitrogen and oxygen atoms in total. The van der Waals surface area contributed by atoms with Crippen LogP contribution >= 0.6 is 0 Å². The summed E-state index contributed by atoms with van der Waals surface area (Å²) in [7, 11) is 0. The molecule has 134 valence electrons. The molecule has 6 heteroatoms. The second kappa shape index (κ2) is 8.46. The van der Waals surface area contributed by atoms with Crippen molar-refractivity contribution in [2.45, 2.75) is 46.6 Å². The SMILES string of the molecule is CCCNC(=O)[C@@H](C)OC(=O)Cc1c(C)nn(-c2ccccc2)c1C. The molecule has 1 amide bonds. The van der Waals surface area contributed by atoms with Crippen LogP contribution in [0.2, 0.25) is 0 Å². The average molecular weight is 343 g/mol. The van der Waals surface area contributed by atoms with E-state index in [-0.39, 0.29) is 12.3 Å². The molecule has 0 aliphatic rings. The van der Waals surface area contributed by atoms with E-state index in [9.17, 15) is 9.59 Å². The van der Waals surface area contributed by atoms with E-state index in [1.54, 1.807) is 6.92 Å². The normalized spacial score (nSPS) is 11.8. The van der Waals surface area contributed by atoms with E-state index in [0.717, 1.165) is 29.1 Å². The maximum atomic E-state index is 12.2. The van der Waals surface area contributed by atoms with Crippen molar-refractivity contribution < 1.29 is 14.3 Å². The van der Waals surface area contributed by atoms with Gasteiger partial charge in [0, 0.05) is 17.8 Å². The van der Waals surface area contributed by atoms with Crippen LogP contribution in [-0.2, 0) is 20.7 Å². The van der Waals surface area contributed by atoms with Gasteiger partial charge in [-0.25, -0.2) is 4.68 Å². The van der Waals surface area contributed by atoms with Gasteiger partial charge in [-0.1, -0.05) is 25.1 Å². The van der Waals surface area contributed by atoms with Crippen molar-refractivity contribution in [1.82, 2.24) is 15.1 Å². The topological polar surface area (TPSA) is 73.2 Å². The van der Waals surface area contributed by atoms with E-state index >= 15 is 0 Å². The summed E-state index contributed by atoms with van der Waals surface area (Å²) in [5.41, 5.74) is 3.44. The summed E-state index contributed by atoms with van der Waals surface area (Å²) in [5.74, 6) is -0.707. The predicted octanol–water partition coefficient (Wildman–Crippen LogP) is 2.49. The van der Waals surface area contributed by atoms with Gasteiger partial charge >= 0.3 is 5.97 Å². The van der Waals surface area contributed by atoms with Crippen molar-refractivity contribution in [3.63, 3.8) is 0 Å². The first-order chi connectivity index (χ1) is 11.9. The third-order valence-electron chi connectivity index (χ3n) is 3.99. The Morgan fingerprint density at radius 1 is 1.24 bits per heavy atom. The van der Waals surface area contributed by atoms with Crippen LogP contribution in [0.1, 0.15) is 37.2 Å². The Morgan fingerprint density at radius 3 is 2.56 bits per heavy atom. The molecule has 0 bridgehead atoms. The van der Waals surface area contributed by atoms with Crippen LogP contribution in [-0.4, -0.2) is 34.3 Å². The average Bonchev–Trinajstić information content (AvgIpc) is 2.88. The maximum absolute atomic E-state index is 12.2. The van der Waals surface area contributed by atoms with Crippen LogP contribution in [0.15, 0.2) is 30.3 Å². The number of aromatic nitrogens is 2. The molecule has 0 fully saturated rings. The molecule has 0 aliphatic carbocycles. The summed E-state index contributed by atoms with van der Waals surface area (Å²) in [6.45, 7) is 7.91. The number of aryl methyl sites for hydroxylation is 1. The third-order valence-corrected chi connectivity index (χ3v) is 3.99. The molecule has 0 spiro atoms. The summed E-state index contributed by atoms with van der Waals surface area (Å²) < 4.78 is 7.06. The molecule has 2 rings (SSSR count). The lowest BCUT2D eigenvalue weighted by Gasteiger charge is -2.13. The number of para-hydroxylation sites is 1. The van der Waals surface area contributed by atoms with Gasteiger partial charge in [-0.15, -0.1) is 0 Å². The number of esters is 1. The second-order valence-electron chi connectivity index (χ2n) is 6.00. The van der Waals surface area contributed by atoms with Crippen molar-refractivity contribution >= 4 is 11.9 Å². The van der Waals surface area contributed by atoms with E-state index in [1.165, 1.54) is 0 Å². The van der Waals surface area contributed by atoms with Crippen molar-refractivity contribution in [1.29, 1.82) is 0 Å². The summed E-state index contributed by atoms with van der Waals surface area (Å²) in [5, 5.41) is 7.23. The van der Waals surface area contributed by atoms with Gasteiger partial charge in [-0.05, 0) is 39.3 Å². The Balaban J connectivity index is 2.06. The summed E-state index contributed by atoms with van der Waals surface area (Å²) >= 11 is 0. The summed E-state index contributed by atoms with van der Waals surface area (Å²) in [4.78, 5) is 24.0. The second-order valence-corrected chi connectivity index (χ2v) is 6.00. The summed E-state index contributed by atoms with van der Waals surface area (Å²) in [6, 6.07) is 9.74. The molecular formula is C19H25N3O3. The molecule has 0 saturated heterocycles. The van der Waals surface area contributed by atoms with Crippen LogP contribution in [0.4, 0.5) is 0 Å². The Morgan fingerprint density at radius 2 is 1.92 bits per heavy atom. The van der Waals surface area contributed by atoms with Crippen molar-refractivity contribution in [2.24, 2.45) is 0 Å². The fraction of sp³-hybridized carbons (Fsp3) is 0.421. The Labute approximate surface area is 148 Å². The minimum Gasteiger partial charge on any atom is -0.452 e. The molecule has 1 aromatic heterocycles. The van der Waals surface area contributed by atoms with Crippen LogP contribution in [0.3, 0.4) is 0 Å². The van der Waals surface area contributed by atoms with E-state index in [4.69, 9.17) is 4.74 Å². The fourth-order valence-electron chi connectivity index (χ4n) is 2.58. The molecule has 1 atom stereocenters. The maximum Gasteiger partial charge on any atom is 0.311 e. The van der Waals surface area contributed by atoms with Gasteiger partial charge in [0.2, 0.25) is 0 Å². The molecule has 0 radical (unpaired) electrons. The van der Waals surface area contributed by atoms with Crippen molar-refractivity contribution in [3.8, 4) is 5.69 Å². The molecule has 0 aliphatic heterocycles. The van der Waals surface area contributed by atoms with Crippen molar-refractivity contribution in [2.75, 3.05) is 6.54 Å². The molecule has 1 heterocycles. The van der Waals surface area contributed by atoms with Gasteiger partial charge in [0.25, 0.3) is 5.91 Å². The van der Waals surface area contributed by atoms with Crippen molar-refractivity contribution in [3.05, 3.63) is 47.3 Å². The minimum atomic E-state index is -0.802. The number of ether oxygens (including phenoxy) is 1. The monoisotopic (exact) mass is 343 g/mol. The van der Waals surface area contributed by atoms with Gasteiger partial charge < -0.3 is 10.1 Å². The fourth-order valence-corrected chi connectivity index (χ4v) is 2.58. The van der Waals surface area contributed by atoms with Crippen LogP contribution in [0.25, 0.3) is 5.69 Å². The molecule has 1 aromatic carbocycles. The molecule has 2 aromatic rings. The van der Waals surface area contributed by atoms with Gasteiger partial charge in [0.1, 0.15) is 0 Å². The first-order valence-corrected chi connectivity index (χ1v) is 8.51. The van der Waals surface area contributed by atoms with Gasteiger partial charge in [-0.2, -0.15) is 5.10 Å². The van der Waals surface area contributed by atoms with Crippen LogP contribution in [0, 0.1) is 13.8 Å². The zero-order valence-corrected chi connectivity index (χ0v) is 15.2. The first-order valence-electron chi connectivity index (χ1n) is 8.51. The third kappa shape index (κ3) is 4.68. The lowest BCUT2D eigenvalue weighted by atomic mass is 10.1. The molecule has 0 saturated carbocycles. The lowest BCUT2D eigenvalue weighted by Crippen LogP contribution is -2.36. The van der Waals surface area contributed by atoms with Crippen LogP contribution in [0.5, 0.6) is 0 Å².